The highest BCUT2D eigenvalue weighted by molar-refractivity contribution is 6.25. The molecule has 6 rings (SSSR count). The molecule has 1 saturated heterocycles. The molecule has 3 aliphatic carbocycles. The van der Waals surface area contributed by atoms with Gasteiger partial charge in [0.05, 0.1) is 24.1 Å². The van der Waals surface area contributed by atoms with E-state index < -0.39 is 23.7 Å². The zero-order valence-electron chi connectivity index (χ0n) is 23.0. The minimum atomic E-state index is -0.766. The van der Waals surface area contributed by atoms with Crippen LogP contribution in [0.15, 0.2) is 76.9 Å². The fourth-order valence-electron chi connectivity index (χ4n) is 6.88. The Labute approximate surface area is 237 Å². The van der Waals surface area contributed by atoms with E-state index >= 15 is 0 Å². The van der Waals surface area contributed by atoms with Crippen molar-refractivity contribution in [3.63, 3.8) is 0 Å². The van der Waals surface area contributed by atoms with Crippen LogP contribution in [0.5, 0.6) is 11.5 Å². The van der Waals surface area contributed by atoms with Gasteiger partial charge in [-0.25, -0.2) is 0 Å². The summed E-state index contributed by atoms with van der Waals surface area (Å²) < 4.78 is 5.62. The van der Waals surface area contributed by atoms with Crippen LogP contribution >= 0.6 is 0 Å². The van der Waals surface area contributed by atoms with E-state index in [0.717, 1.165) is 5.57 Å². The Bertz CT molecular complexity index is 1640. The molecule has 8 nitrogen and oxygen atoms in total. The number of Topliss-reactive ketones (excluding diaryl/α,β-unsaturated/α-hetero) is 2. The van der Waals surface area contributed by atoms with Crippen LogP contribution < -0.4 is 9.64 Å². The Morgan fingerprint density at radius 3 is 2.44 bits per heavy atom. The van der Waals surface area contributed by atoms with Gasteiger partial charge in [-0.05, 0) is 75.9 Å². The Kier molecular flexibility index (Phi) is 6.36. The van der Waals surface area contributed by atoms with Gasteiger partial charge in [0.2, 0.25) is 11.8 Å². The molecule has 1 N–H and O–H groups in total. The summed E-state index contributed by atoms with van der Waals surface area (Å²) in [4.78, 5) is 67.4. The highest BCUT2D eigenvalue weighted by Crippen LogP contribution is 2.57. The first-order chi connectivity index (χ1) is 19.6. The van der Waals surface area contributed by atoms with E-state index in [-0.39, 0.29) is 53.5 Å². The highest BCUT2D eigenvalue weighted by atomic mass is 16.5. The van der Waals surface area contributed by atoms with Gasteiger partial charge in [-0.1, -0.05) is 23.8 Å². The second-order valence-corrected chi connectivity index (χ2v) is 11.0. The molecule has 0 radical (unpaired) electrons. The number of carbonyl (C=O) groups is 5. The third-order valence-corrected chi connectivity index (χ3v) is 8.74. The summed E-state index contributed by atoms with van der Waals surface area (Å²) in [6, 6.07) is 11.4. The van der Waals surface area contributed by atoms with Gasteiger partial charge in [-0.15, -0.1) is 0 Å². The molecule has 0 saturated carbocycles. The van der Waals surface area contributed by atoms with Crippen LogP contribution in [0.4, 0.5) is 5.69 Å². The lowest BCUT2D eigenvalue weighted by atomic mass is 9.59. The van der Waals surface area contributed by atoms with Gasteiger partial charge in [0.15, 0.2) is 28.8 Å². The van der Waals surface area contributed by atoms with E-state index in [1.165, 1.54) is 17.9 Å². The van der Waals surface area contributed by atoms with Crippen LogP contribution in [0.2, 0.25) is 0 Å². The zero-order chi connectivity index (χ0) is 29.2. The number of hydrogen-bond donors (Lipinski definition) is 1. The van der Waals surface area contributed by atoms with Crippen LogP contribution in [-0.4, -0.2) is 40.9 Å². The number of phenolic OH excluding ortho intramolecular Hbond substituents is 1. The van der Waals surface area contributed by atoms with Crippen molar-refractivity contribution < 1.29 is 33.8 Å². The maximum atomic E-state index is 14.0. The van der Waals surface area contributed by atoms with Crippen molar-refractivity contribution in [3.8, 4) is 11.5 Å². The third-order valence-electron chi connectivity index (χ3n) is 8.74. The number of benzene rings is 2. The topological polar surface area (TPSA) is 118 Å². The average Bonchev–Trinajstić information content (AvgIpc) is 3.21. The Hall–Kier alpha value is -4.59. The summed E-state index contributed by atoms with van der Waals surface area (Å²) >= 11 is 0. The number of fused-ring (bicyclic) bond motifs is 3. The summed E-state index contributed by atoms with van der Waals surface area (Å²) in [6.45, 7) is 5.16. The number of amides is 2. The molecule has 1 heterocycles. The number of rotatable bonds is 5. The lowest BCUT2D eigenvalue weighted by Gasteiger charge is -2.42. The van der Waals surface area contributed by atoms with Crippen LogP contribution in [-0.2, 0) is 19.2 Å². The van der Waals surface area contributed by atoms with Crippen molar-refractivity contribution in [1.82, 2.24) is 0 Å². The zero-order valence-corrected chi connectivity index (χ0v) is 23.0. The van der Waals surface area contributed by atoms with Crippen molar-refractivity contribution in [2.45, 2.75) is 39.5 Å². The normalized spacial score (nSPS) is 25.4. The van der Waals surface area contributed by atoms with E-state index in [2.05, 4.69) is 0 Å². The summed E-state index contributed by atoms with van der Waals surface area (Å²) in [5.74, 6) is -3.90. The maximum absolute atomic E-state index is 14.0. The minimum Gasteiger partial charge on any atom is -0.504 e. The molecule has 0 spiro atoms. The van der Waals surface area contributed by atoms with Gasteiger partial charge in [-0.3, -0.25) is 28.9 Å². The Morgan fingerprint density at radius 2 is 1.76 bits per heavy atom. The molecule has 2 amide bonds. The number of aromatic hydroxyl groups is 1. The predicted octanol–water partition coefficient (Wildman–Crippen LogP) is 4.63. The number of para-hydroxylation sites is 1. The van der Waals surface area contributed by atoms with Gasteiger partial charge in [-0.2, -0.15) is 0 Å². The monoisotopic (exact) mass is 551 g/mol. The minimum absolute atomic E-state index is 0.122. The van der Waals surface area contributed by atoms with Crippen LogP contribution in [0, 0.1) is 17.8 Å². The first-order valence-corrected chi connectivity index (χ1v) is 13.8. The van der Waals surface area contributed by atoms with Crippen molar-refractivity contribution in [2.24, 2.45) is 17.8 Å². The molecular weight excluding hydrogens is 522 g/mol. The van der Waals surface area contributed by atoms with Crippen molar-refractivity contribution in [3.05, 3.63) is 88.0 Å². The van der Waals surface area contributed by atoms with E-state index in [4.69, 9.17) is 4.74 Å². The maximum Gasteiger partial charge on any atom is 0.238 e. The fourth-order valence-corrected chi connectivity index (χ4v) is 6.88. The summed E-state index contributed by atoms with van der Waals surface area (Å²) in [7, 11) is 0. The van der Waals surface area contributed by atoms with Gasteiger partial charge in [0.25, 0.3) is 0 Å². The molecule has 2 aromatic carbocycles. The van der Waals surface area contributed by atoms with E-state index in [0.29, 0.717) is 40.1 Å². The number of phenols is 1. The van der Waals surface area contributed by atoms with Crippen molar-refractivity contribution >= 4 is 34.9 Å². The third kappa shape index (κ3) is 4.00. The molecule has 4 unspecified atom stereocenters. The molecule has 1 aliphatic heterocycles. The van der Waals surface area contributed by atoms with Gasteiger partial charge >= 0.3 is 0 Å². The molecule has 208 valence electrons. The second kappa shape index (κ2) is 9.80. The van der Waals surface area contributed by atoms with Gasteiger partial charge in [0, 0.05) is 33.8 Å². The van der Waals surface area contributed by atoms with Gasteiger partial charge < -0.3 is 9.84 Å². The molecular formula is C33H29NO7. The molecule has 8 heteroatoms. The van der Waals surface area contributed by atoms with E-state index in [1.54, 1.807) is 56.3 Å². The van der Waals surface area contributed by atoms with Crippen molar-refractivity contribution in [2.75, 3.05) is 11.5 Å². The fraction of sp³-hybridized carbons (Fsp3) is 0.303. The molecule has 0 aromatic heterocycles. The Morgan fingerprint density at radius 1 is 1.02 bits per heavy atom. The average molecular weight is 552 g/mol. The smallest absolute Gasteiger partial charge is 0.238 e. The van der Waals surface area contributed by atoms with Crippen LogP contribution in [0.25, 0.3) is 0 Å². The molecule has 41 heavy (non-hydrogen) atoms. The number of allylic oxidation sites excluding steroid dienone is 6. The standard InChI is InChI=1S/C33H29NO7/c1-4-41-26-7-5-6-21(31(26)38)27-20-12-13-22-28(23(20)15-24-29(27)25(36)14-16(2)30(24)37)33(40)34(32(22)39)19-10-8-18(9-11-19)17(3)35/h5-12,14,22-23,27-28,38H,4,13,15H2,1-3H3. The van der Waals surface area contributed by atoms with Gasteiger partial charge in [0.1, 0.15) is 0 Å². The van der Waals surface area contributed by atoms with Crippen LogP contribution in [0.1, 0.15) is 55.5 Å². The van der Waals surface area contributed by atoms with E-state index in [1.807, 2.05) is 6.08 Å². The molecule has 1 fully saturated rings. The molecule has 4 atom stereocenters. The summed E-state index contributed by atoms with van der Waals surface area (Å²) in [5.41, 5.74) is 2.98. The lowest BCUT2D eigenvalue weighted by molar-refractivity contribution is -0.123. The largest absolute Gasteiger partial charge is 0.504 e. The number of nitrogens with zero attached hydrogens (tertiary/aromatic N) is 1. The number of hydrogen-bond acceptors (Lipinski definition) is 7. The second-order valence-electron chi connectivity index (χ2n) is 11.0. The predicted molar refractivity (Wildman–Crippen MR) is 150 cm³/mol. The summed E-state index contributed by atoms with van der Waals surface area (Å²) in [6.07, 6.45) is 3.67. The van der Waals surface area contributed by atoms with Crippen LogP contribution in [0.3, 0.4) is 0 Å². The summed E-state index contributed by atoms with van der Waals surface area (Å²) in [5, 5.41) is 11.3. The SMILES string of the molecule is CCOc1cccc(C2C3=CCC4C(=O)N(c5ccc(C(C)=O)cc5)C(=O)C4C3CC3=C2C(=O)C=C(C)C3=O)c1O. The number of carbonyl (C=O) groups excluding carboxylic acids is 5. The first kappa shape index (κ1) is 26.6. The number of anilines is 1. The first-order valence-electron chi connectivity index (χ1n) is 13.8. The molecule has 0 bridgehead atoms. The number of ether oxygens (including phenoxy) is 1. The Balaban J connectivity index is 1.47. The quantitative estimate of drug-likeness (QED) is 0.249. The lowest BCUT2D eigenvalue weighted by Crippen LogP contribution is -2.39. The number of ketones is 3. The molecule has 2 aromatic rings. The molecule has 4 aliphatic rings. The number of imide groups is 1. The van der Waals surface area contributed by atoms with Crippen molar-refractivity contribution in [1.29, 1.82) is 0 Å². The highest BCUT2D eigenvalue weighted by Gasteiger charge is 2.56. The van der Waals surface area contributed by atoms with E-state index in [9.17, 15) is 29.1 Å².